The van der Waals surface area contributed by atoms with Crippen molar-refractivity contribution in [3.63, 3.8) is 0 Å². The molecule has 0 heterocycles. The first kappa shape index (κ1) is 14.0. The standard InChI is InChI=1S/C14H18N2O2/c1-11(2)13(14(17)18)16(10-6-9-15)12-7-4-3-5-8-12/h3-5,7-8,11,13H,6,10H2,1-2H3,(H,17,18). The first-order valence-corrected chi connectivity index (χ1v) is 5.99. The zero-order chi connectivity index (χ0) is 13.5. The Balaban J connectivity index is 3.04. The lowest BCUT2D eigenvalue weighted by Gasteiger charge is -2.32. The van der Waals surface area contributed by atoms with Crippen LogP contribution in [0, 0.1) is 17.2 Å². The molecule has 0 aliphatic carbocycles. The number of aliphatic carboxylic acids is 1. The van der Waals surface area contributed by atoms with Gasteiger partial charge in [-0.05, 0) is 18.1 Å². The highest BCUT2D eigenvalue weighted by atomic mass is 16.4. The second kappa shape index (κ2) is 6.65. The van der Waals surface area contributed by atoms with E-state index < -0.39 is 12.0 Å². The SMILES string of the molecule is CC(C)C(C(=O)O)N(CCC#N)c1ccccc1. The molecule has 1 unspecified atom stereocenters. The van der Waals surface area contributed by atoms with Gasteiger partial charge in [0.05, 0.1) is 12.5 Å². The minimum Gasteiger partial charge on any atom is -0.480 e. The lowest BCUT2D eigenvalue weighted by molar-refractivity contribution is -0.139. The smallest absolute Gasteiger partial charge is 0.326 e. The number of nitriles is 1. The molecule has 1 N–H and O–H groups in total. The number of anilines is 1. The molecule has 0 saturated heterocycles. The van der Waals surface area contributed by atoms with Gasteiger partial charge in [0.2, 0.25) is 0 Å². The van der Waals surface area contributed by atoms with Crippen LogP contribution in [0.5, 0.6) is 0 Å². The first-order valence-electron chi connectivity index (χ1n) is 5.99. The second-order valence-electron chi connectivity index (χ2n) is 4.46. The van der Waals surface area contributed by atoms with E-state index in [1.54, 1.807) is 4.90 Å². The van der Waals surface area contributed by atoms with Crippen LogP contribution in [0.3, 0.4) is 0 Å². The zero-order valence-electron chi connectivity index (χ0n) is 10.7. The van der Waals surface area contributed by atoms with Crippen LogP contribution in [0.2, 0.25) is 0 Å². The Bertz CT molecular complexity index is 423. The number of benzene rings is 1. The van der Waals surface area contributed by atoms with Crippen molar-refractivity contribution < 1.29 is 9.90 Å². The number of para-hydroxylation sites is 1. The molecule has 0 fully saturated rings. The molecular weight excluding hydrogens is 228 g/mol. The monoisotopic (exact) mass is 246 g/mol. The van der Waals surface area contributed by atoms with E-state index in [0.29, 0.717) is 13.0 Å². The third-order valence-corrected chi connectivity index (χ3v) is 2.77. The van der Waals surface area contributed by atoms with Gasteiger partial charge in [0.15, 0.2) is 0 Å². The van der Waals surface area contributed by atoms with E-state index in [4.69, 9.17) is 5.26 Å². The van der Waals surface area contributed by atoms with E-state index in [1.165, 1.54) is 0 Å². The first-order chi connectivity index (χ1) is 8.57. The lowest BCUT2D eigenvalue weighted by Crippen LogP contribution is -2.45. The summed E-state index contributed by atoms with van der Waals surface area (Å²) in [7, 11) is 0. The van der Waals surface area contributed by atoms with Gasteiger partial charge in [0.25, 0.3) is 0 Å². The number of hydrogen-bond donors (Lipinski definition) is 1. The van der Waals surface area contributed by atoms with Crippen LogP contribution in [0.4, 0.5) is 5.69 Å². The Kier molecular flexibility index (Phi) is 5.19. The molecule has 0 saturated carbocycles. The molecule has 18 heavy (non-hydrogen) atoms. The topological polar surface area (TPSA) is 64.3 Å². The summed E-state index contributed by atoms with van der Waals surface area (Å²) < 4.78 is 0. The minimum atomic E-state index is -0.855. The highest BCUT2D eigenvalue weighted by Crippen LogP contribution is 2.21. The van der Waals surface area contributed by atoms with Crippen molar-refractivity contribution in [1.29, 1.82) is 5.26 Å². The second-order valence-corrected chi connectivity index (χ2v) is 4.46. The van der Waals surface area contributed by atoms with E-state index in [-0.39, 0.29) is 5.92 Å². The van der Waals surface area contributed by atoms with E-state index >= 15 is 0 Å². The van der Waals surface area contributed by atoms with Crippen molar-refractivity contribution in [1.82, 2.24) is 0 Å². The summed E-state index contributed by atoms with van der Waals surface area (Å²) in [5.74, 6) is -0.881. The van der Waals surface area contributed by atoms with Crippen LogP contribution in [0.15, 0.2) is 30.3 Å². The summed E-state index contributed by atoms with van der Waals surface area (Å²) in [4.78, 5) is 13.2. The van der Waals surface area contributed by atoms with Gasteiger partial charge >= 0.3 is 5.97 Å². The maximum atomic E-state index is 11.4. The fourth-order valence-electron chi connectivity index (χ4n) is 2.00. The predicted molar refractivity (Wildman–Crippen MR) is 70.3 cm³/mol. The quantitative estimate of drug-likeness (QED) is 0.837. The third kappa shape index (κ3) is 3.49. The number of rotatable bonds is 6. The Morgan fingerprint density at radius 1 is 1.39 bits per heavy atom. The van der Waals surface area contributed by atoms with Crippen molar-refractivity contribution >= 4 is 11.7 Å². The summed E-state index contributed by atoms with van der Waals surface area (Å²) in [6.45, 7) is 4.18. The lowest BCUT2D eigenvalue weighted by atomic mass is 10.0. The molecular formula is C14H18N2O2. The van der Waals surface area contributed by atoms with E-state index in [9.17, 15) is 9.90 Å². The number of hydrogen-bond acceptors (Lipinski definition) is 3. The number of carboxylic acid groups (broad SMARTS) is 1. The van der Waals surface area contributed by atoms with Crippen molar-refractivity contribution in [2.24, 2.45) is 5.92 Å². The average Bonchev–Trinajstić information content (AvgIpc) is 2.34. The summed E-state index contributed by atoms with van der Waals surface area (Å²) in [6.07, 6.45) is 0.311. The van der Waals surface area contributed by atoms with Crippen LogP contribution in [-0.4, -0.2) is 23.7 Å². The summed E-state index contributed by atoms with van der Waals surface area (Å²) in [5, 5.41) is 18.0. The molecule has 4 heteroatoms. The van der Waals surface area contributed by atoms with Gasteiger partial charge in [-0.1, -0.05) is 32.0 Å². The average molecular weight is 246 g/mol. The zero-order valence-corrected chi connectivity index (χ0v) is 10.7. The normalized spacial score (nSPS) is 11.9. The van der Waals surface area contributed by atoms with Crippen LogP contribution < -0.4 is 4.90 Å². The van der Waals surface area contributed by atoms with Crippen molar-refractivity contribution in [2.75, 3.05) is 11.4 Å². The molecule has 96 valence electrons. The Morgan fingerprint density at radius 2 is 2.00 bits per heavy atom. The highest BCUT2D eigenvalue weighted by molar-refractivity contribution is 5.78. The number of carbonyl (C=O) groups is 1. The van der Waals surface area contributed by atoms with Gasteiger partial charge in [0, 0.05) is 12.2 Å². The van der Waals surface area contributed by atoms with E-state index in [2.05, 4.69) is 6.07 Å². The largest absolute Gasteiger partial charge is 0.480 e. The van der Waals surface area contributed by atoms with E-state index in [1.807, 2.05) is 44.2 Å². The maximum absolute atomic E-state index is 11.4. The van der Waals surface area contributed by atoms with Gasteiger partial charge in [0.1, 0.15) is 6.04 Å². The Hall–Kier alpha value is -2.02. The molecule has 0 aliphatic rings. The van der Waals surface area contributed by atoms with Gasteiger partial charge in [-0.25, -0.2) is 4.79 Å². The minimum absolute atomic E-state index is 0.0265. The molecule has 0 radical (unpaired) electrons. The molecule has 1 atom stereocenters. The van der Waals surface area contributed by atoms with Gasteiger partial charge in [-0.2, -0.15) is 5.26 Å². The summed E-state index contributed by atoms with van der Waals surface area (Å²) >= 11 is 0. The molecule has 0 amide bonds. The molecule has 1 aromatic rings. The molecule has 1 rings (SSSR count). The maximum Gasteiger partial charge on any atom is 0.326 e. The molecule has 0 spiro atoms. The van der Waals surface area contributed by atoms with Gasteiger partial charge in [-0.15, -0.1) is 0 Å². The molecule has 4 nitrogen and oxygen atoms in total. The molecule has 0 aromatic heterocycles. The molecule has 0 bridgehead atoms. The van der Waals surface area contributed by atoms with E-state index in [0.717, 1.165) is 5.69 Å². The van der Waals surface area contributed by atoms with Crippen molar-refractivity contribution in [3.8, 4) is 6.07 Å². The Morgan fingerprint density at radius 3 is 2.44 bits per heavy atom. The van der Waals surface area contributed by atoms with Crippen molar-refractivity contribution in [3.05, 3.63) is 30.3 Å². The number of nitrogens with zero attached hydrogens (tertiary/aromatic N) is 2. The van der Waals surface area contributed by atoms with Crippen LogP contribution >= 0.6 is 0 Å². The highest BCUT2D eigenvalue weighted by Gasteiger charge is 2.28. The van der Waals surface area contributed by atoms with Crippen LogP contribution in [0.25, 0.3) is 0 Å². The number of carboxylic acids is 1. The predicted octanol–water partition coefficient (Wildman–Crippen LogP) is 2.52. The van der Waals surface area contributed by atoms with Crippen molar-refractivity contribution in [2.45, 2.75) is 26.3 Å². The fourth-order valence-corrected chi connectivity index (χ4v) is 2.00. The summed E-state index contributed by atoms with van der Waals surface area (Å²) in [5.41, 5.74) is 0.842. The Labute approximate surface area is 107 Å². The fraction of sp³-hybridized carbons (Fsp3) is 0.429. The van der Waals surface area contributed by atoms with Crippen LogP contribution in [-0.2, 0) is 4.79 Å². The van der Waals surface area contributed by atoms with Gasteiger partial charge in [-0.3, -0.25) is 0 Å². The third-order valence-electron chi connectivity index (χ3n) is 2.77. The molecule has 1 aromatic carbocycles. The summed E-state index contributed by atoms with van der Waals surface area (Å²) in [6, 6.07) is 10.8. The van der Waals surface area contributed by atoms with Gasteiger partial charge < -0.3 is 10.0 Å². The molecule has 0 aliphatic heterocycles. The van der Waals surface area contributed by atoms with Crippen LogP contribution in [0.1, 0.15) is 20.3 Å².